The summed E-state index contributed by atoms with van der Waals surface area (Å²) < 4.78 is 19.0. The van der Waals surface area contributed by atoms with Crippen LogP contribution in [0, 0.1) is 0 Å². The molecule has 1 amide bonds. The summed E-state index contributed by atoms with van der Waals surface area (Å²) in [4.78, 5) is 18.1. The molecule has 4 aromatic rings. The van der Waals surface area contributed by atoms with E-state index in [4.69, 9.17) is 13.9 Å². The number of methoxy groups -OCH3 is 1. The second-order valence-corrected chi connectivity index (χ2v) is 8.07. The number of anilines is 1. The zero-order valence-corrected chi connectivity index (χ0v) is 18.8. The molecule has 1 saturated heterocycles. The van der Waals surface area contributed by atoms with Crippen LogP contribution in [0.25, 0.3) is 28.1 Å². The largest absolute Gasteiger partial charge is 0.474 e. The maximum atomic E-state index is 11.4. The van der Waals surface area contributed by atoms with E-state index in [2.05, 4.69) is 33.3 Å². The average molecular weight is 450 g/mol. The van der Waals surface area contributed by atoms with Crippen LogP contribution in [0.15, 0.2) is 47.0 Å². The van der Waals surface area contributed by atoms with Crippen molar-refractivity contribution in [1.29, 1.82) is 0 Å². The van der Waals surface area contributed by atoms with Gasteiger partial charge in [0, 0.05) is 43.8 Å². The number of benzene rings is 1. The summed E-state index contributed by atoms with van der Waals surface area (Å²) in [6.45, 7) is 4.83. The molecule has 0 aliphatic carbocycles. The van der Waals surface area contributed by atoms with E-state index in [-0.39, 0.29) is 11.9 Å². The molecule has 0 spiro atoms. The molecular formula is C24H27N5O4. The lowest BCUT2D eigenvalue weighted by Crippen LogP contribution is -2.31. The molecular weight excluding hydrogens is 422 g/mol. The van der Waals surface area contributed by atoms with E-state index in [1.54, 1.807) is 23.9 Å². The first-order chi connectivity index (χ1) is 16.2. The van der Waals surface area contributed by atoms with Crippen molar-refractivity contribution in [2.45, 2.75) is 25.8 Å². The first kappa shape index (κ1) is 21.3. The number of likely N-dealkylation sites (N-methyl/N-ethyl adjacent to an activating group) is 1. The van der Waals surface area contributed by atoms with Gasteiger partial charge in [0.25, 0.3) is 0 Å². The van der Waals surface area contributed by atoms with Gasteiger partial charge in [-0.25, -0.2) is 9.50 Å². The number of hydrogen-bond acceptors (Lipinski definition) is 7. The van der Waals surface area contributed by atoms with Crippen LogP contribution < -0.4 is 15.0 Å². The van der Waals surface area contributed by atoms with Crippen molar-refractivity contribution in [2.24, 2.45) is 0 Å². The van der Waals surface area contributed by atoms with Gasteiger partial charge in [0.05, 0.1) is 18.8 Å². The Balaban J connectivity index is 1.45. The summed E-state index contributed by atoms with van der Waals surface area (Å²) in [5.74, 6) is 1.22. The van der Waals surface area contributed by atoms with Crippen LogP contribution in [-0.2, 0) is 9.53 Å². The molecule has 1 aliphatic rings. The Morgan fingerprint density at radius 1 is 1.30 bits per heavy atom. The van der Waals surface area contributed by atoms with E-state index in [0.29, 0.717) is 36.9 Å². The highest BCUT2D eigenvalue weighted by atomic mass is 16.5. The summed E-state index contributed by atoms with van der Waals surface area (Å²) in [7, 11) is 1.71. The predicted octanol–water partition coefficient (Wildman–Crippen LogP) is 3.27. The van der Waals surface area contributed by atoms with E-state index >= 15 is 0 Å². The van der Waals surface area contributed by atoms with E-state index in [1.807, 2.05) is 24.3 Å². The third kappa shape index (κ3) is 4.23. The molecule has 1 unspecified atom stereocenters. The molecule has 0 saturated carbocycles. The molecule has 1 N–H and O–H groups in total. The van der Waals surface area contributed by atoms with E-state index < -0.39 is 0 Å². The monoisotopic (exact) mass is 449 g/mol. The number of nitrogens with one attached hydrogen (secondary N) is 1. The summed E-state index contributed by atoms with van der Waals surface area (Å²) in [5.41, 5.74) is 3.35. The fourth-order valence-corrected chi connectivity index (χ4v) is 4.19. The zero-order chi connectivity index (χ0) is 22.8. The quantitative estimate of drug-likeness (QED) is 0.419. The number of rotatable bonds is 9. The molecule has 4 heterocycles. The minimum Gasteiger partial charge on any atom is -0.474 e. The second kappa shape index (κ2) is 9.11. The van der Waals surface area contributed by atoms with Crippen LogP contribution in [0.5, 0.6) is 5.88 Å². The molecule has 33 heavy (non-hydrogen) atoms. The van der Waals surface area contributed by atoms with Gasteiger partial charge in [-0.15, -0.1) is 5.10 Å². The summed E-state index contributed by atoms with van der Waals surface area (Å²) >= 11 is 0. The Labute approximate surface area is 191 Å². The Morgan fingerprint density at radius 3 is 3.00 bits per heavy atom. The fourth-order valence-electron chi connectivity index (χ4n) is 4.19. The molecule has 1 aliphatic heterocycles. The van der Waals surface area contributed by atoms with Gasteiger partial charge in [0.15, 0.2) is 11.4 Å². The van der Waals surface area contributed by atoms with Crippen LogP contribution in [0.3, 0.4) is 0 Å². The Morgan fingerprint density at radius 2 is 2.21 bits per heavy atom. The number of carbonyl (C=O) groups is 1. The van der Waals surface area contributed by atoms with Gasteiger partial charge >= 0.3 is 0 Å². The van der Waals surface area contributed by atoms with Gasteiger partial charge < -0.3 is 24.1 Å². The summed E-state index contributed by atoms with van der Waals surface area (Å²) in [6.07, 6.45) is 3.07. The first-order valence-electron chi connectivity index (χ1n) is 11.2. The molecule has 1 atom stereocenters. The molecule has 0 radical (unpaired) electrons. The number of furan rings is 1. The highest BCUT2D eigenvalue weighted by molar-refractivity contribution is 5.94. The zero-order valence-electron chi connectivity index (χ0n) is 18.8. The Kier molecular flexibility index (Phi) is 5.87. The molecule has 9 heteroatoms. The normalized spacial score (nSPS) is 15.9. The van der Waals surface area contributed by atoms with E-state index in [9.17, 15) is 4.79 Å². The molecule has 3 aromatic heterocycles. The van der Waals surface area contributed by atoms with E-state index in [1.165, 1.54) is 0 Å². The topological polar surface area (TPSA) is 94.1 Å². The Bertz CT molecular complexity index is 1280. The van der Waals surface area contributed by atoms with Gasteiger partial charge in [-0.05, 0) is 37.6 Å². The van der Waals surface area contributed by atoms with Crippen LogP contribution in [0.2, 0.25) is 0 Å². The molecule has 9 nitrogen and oxygen atoms in total. The molecule has 1 fully saturated rings. The van der Waals surface area contributed by atoms with Gasteiger partial charge in [0.2, 0.25) is 11.8 Å². The van der Waals surface area contributed by atoms with Crippen molar-refractivity contribution < 1.29 is 18.7 Å². The smallest absolute Gasteiger partial charge is 0.231 e. The summed E-state index contributed by atoms with van der Waals surface area (Å²) in [6, 6.07) is 11.8. The SMILES string of the molecule is CCN(CCOC)c1cccc2oc(-c3cnc4ccc(OCC5CCC(=O)N5)nn34)cc12. The second-order valence-electron chi connectivity index (χ2n) is 8.07. The van der Waals surface area contributed by atoms with Crippen molar-refractivity contribution >= 4 is 28.2 Å². The van der Waals surface area contributed by atoms with Gasteiger partial charge in [0.1, 0.15) is 17.9 Å². The van der Waals surface area contributed by atoms with Crippen LogP contribution >= 0.6 is 0 Å². The average Bonchev–Trinajstić information content (AvgIpc) is 3.55. The van der Waals surface area contributed by atoms with Crippen LogP contribution in [0.1, 0.15) is 19.8 Å². The molecule has 5 rings (SSSR count). The number of nitrogens with zero attached hydrogens (tertiary/aromatic N) is 4. The van der Waals surface area contributed by atoms with Gasteiger partial charge in [-0.3, -0.25) is 4.79 Å². The van der Waals surface area contributed by atoms with Crippen molar-refractivity contribution in [3.63, 3.8) is 0 Å². The number of imidazole rings is 1. The van der Waals surface area contributed by atoms with Gasteiger partial charge in [-0.1, -0.05) is 6.07 Å². The van der Waals surface area contributed by atoms with E-state index in [0.717, 1.165) is 41.9 Å². The van der Waals surface area contributed by atoms with Crippen LogP contribution in [0.4, 0.5) is 5.69 Å². The summed E-state index contributed by atoms with van der Waals surface area (Å²) in [5, 5.41) is 8.54. The third-order valence-electron chi connectivity index (χ3n) is 5.93. The molecule has 0 bridgehead atoms. The lowest BCUT2D eigenvalue weighted by Gasteiger charge is -2.23. The molecule has 172 valence electrons. The fraction of sp³-hybridized carbons (Fsp3) is 0.375. The lowest BCUT2D eigenvalue weighted by atomic mass is 10.2. The number of aromatic nitrogens is 3. The standard InChI is InChI=1S/C24H27N5O4/c1-3-28(11-12-31-2)18-5-4-6-20-17(18)13-21(33-20)19-14-25-22-8-10-24(27-29(19)22)32-15-16-7-9-23(30)26-16/h4-6,8,10,13-14,16H,3,7,9,11-12,15H2,1-2H3,(H,26,30). The van der Waals surface area contributed by atoms with Crippen molar-refractivity contribution in [3.8, 4) is 17.3 Å². The number of amides is 1. The maximum absolute atomic E-state index is 11.4. The maximum Gasteiger partial charge on any atom is 0.231 e. The lowest BCUT2D eigenvalue weighted by molar-refractivity contribution is -0.119. The minimum absolute atomic E-state index is 0.0191. The third-order valence-corrected chi connectivity index (χ3v) is 5.93. The van der Waals surface area contributed by atoms with Crippen LogP contribution in [-0.4, -0.2) is 60.0 Å². The number of fused-ring (bicyclic) bond motifs is 2. The highest BCUT2D eigenvalue weighted by Gasteiger charge is 2.22. The number of ether oxygens (including phenoxy) is 2. The van der Waals surface area contributed by atoms with Crippen molar-refractivity contribution in [2.75, 3.05) is 38.3 Å². The number of carbonyl (C=O) groups excluding carboxylic acids is 1. The number of hydrogen-bond donors (Lipinski definition) is 1. The first-order valence-corrected chi connectivity index (χ1v) is 11.2. The Hall–Kier alpha value is -3.59. The predicted molar refractivity (Wildman–Crippen MR) is 125 cm³/mol. The van der Waals surface area contributed by atoms with Crippen molar-refractivity contribution in [1.82, 2.24) is 19.9 Å². The molecule has 1 aromatic carbocycles. The minimum atomic E-state index is 0.0191. The highest BCUT2D eigenvalue weighted by Crippen LogP contribution is 2.34. The van der Waals surface area contributed by atoms with Gasteiger partial charge in [-0.2, -0.15) is 0 Å². The van der Waals surface area contributed by atoms with Crippen molar-refractivity contribution in [3.05, 3.63) is 42.6 Å².